The first-order chi connectivity index (χ1) is 14.5. The first-order valence-electron chi connectivity index (χ1n) is 10.0. The van der Waals surface area contributed by atoms with Gasteiger partial charge in [-0.25, -0.2) is 0 Å². The molecular formula is C24H26N2O4. The number of nitrogens with zero attached hydrogens (tertiary/aromatic N) is 1. The molecule has 1 aliphatic heterocycles. The van der Waals surface area contributed by atoms with Crippen molar-refractivity contribution in [2.45, 2.75) is 13.8 Å². The molecular weight excluding hydrogens is 380 g/mol. The van der Waals surface area contributed by atoms with Gasteiger partial charge in [0.15, 0.2) is 0 Å². The zero-order valence-corrected chi connectivity index (χ0v) is 17.5. The third-order valence-electron chi connectivity index (χ3n) is 5.37. The summed E-state index contributed by atoms with van der Waals surface area (Å²) in [6.45, 7) is 7.16. The van der Waals surface area contributed by atoms with E-state index in [1.807, 2.05) is 50.2 Å². The second-order valence-corrected chi connectivity index (χ2v) is 7.43. The number of anilines is 2. The summed E-state index contributed by atoms with van der Waals surface area (Å²) in [4.78, 5) is 14.9. The molecule has 1 N–H and O–H groups in total. The van der Waals surface area contributed by atoms with E-state index >= 15 is 0 Å². The Morgan fingerprint density at radius 3 is 2.60 bits per heavy atom. The second kappa shape index (κ2) is 8.63. The Morgan fingerprint density at radius 1 is 1.17 bits per heavy atom. The van der Waals surface area contributed by atoms with Crippen LogP contribution in [0, 0.1) is 6.92 Å². The quantitative estimate of drug-likeness (QED) is 0.626. The number of carbonyl (C=O) groups is 1. The van der Waals surface area contributed by atoms with Gasteiger partial charge >= 0.3 is 0 Å². The Hall–Kier alpha value is -3.25. The van der Waals surface area contributed by atoms with E-state index in [0.717, 1.165) is 65.3 Å². The highest BCUT2D eigenvalue weighted by Crippen LogP contribution is 2.33. The van der Waals surface area contributed by atoms with Gasteiger partial charge in [-0.1, -0.05) is 0 Å². The van der Waals surface area contributed by atoms with E-state index in [1.54, 1.807) is 19.4 Å². The molecule has 2 heterocycles. The summed E-state index contributed by atoms with van der Waals surface area (Å²) < 4.78 is 16.5. The van der Waals surface area contributed by atoms with E-state index in [9.17, 15) is 4.79 Å². The van der Waals surface area contributed by atoms with Gasteiger partial charge in [0, 0.05) is 47.6 Å². The summed E-state index contributed by atoms with van der Waals surface area (Å²) in [5, 5.41) is 3.95. The van der Waals surface area contributed by atoms with Crippen LogP contribution < -0.4 is 15.0 Å². The Morgan fingerprint density at radius 2 is 1.90 bits per heavy atom. The third kappa shape index (κ3) is 4.19. The van der Waals surface area contributed by atoms with Gasteiger partial charge in [-0.05, 0) is 55.3 Å². The Balaban J connectivity index is 1.50. The number of morpholine rings is 1. The van der Waals surface area contributed by atoms with Gasteiger partial charge in [0.05, 0.1) is 26.6 Å². The fraction of sp³-hybridized carbons (Fsp3) is 0.292. The van der Waals surface area contributed by atoms with Gasteiger partial charge in [-0.3, -0.25) is 4.79 Å². The van der Waals surface area contributed by atoms with Gasteiger partial charge < -0.3 is 24.1 Å². The highest BCUT2D eigenvalue weighted by Gasteiger charge is 2.13. The lowest BCUT2D eigenvalue weighted by Gasteiger charge is -2.28. The monoisotopic (exact) mass is 406 g/mol. The number of furan rings is 1. The fourth-order valence-corrected chi connectivity index (χ4v) is 3.69. The SMILES string of the molecule is COc1cc2occ(C)c2cc1/C(C)=C/C(=O)Nc1ccc(N2CCOCC2)cc1. The molecule has 6 nitrogen and oxygen atoms in total. The van der Waals surface area contributed by atoms with Gasteiger partial charge in [0.2, 0.25) is 5.91 Å². The minimum atomic E-state index is -0.183. The lowest BCUT2D eigenvalue weighted by molar-refractivity contribution is -0.111. The van der Waals surface area contributed by atoms with E-state index in [1.165, 1.54) is 0 Å². The van der Waals surface area contributed by atoms with Crippen molar-refractivity contribution in [1.29, 1.82) is 0 Å². The summed E-state index contributed by atoms with van der Waals surface area (Å²) in [6, 6.07) is 11.8. The summed E-state index contributed by atoms with van der Waals surface area (Å²) in [7, 11) is 1.61. The summed E-state index contributed by atoms with van der Waals surface area (Å²) in [5.74, 6) is 0.492. The van der Waals surface area contributed by atoms with Crippen LogP contribution in [0.4, 0.5) is 11.4 Å². The summed E-state index contributed by atoms with van der Waals surface area (Å²) in [5.41, 5.74) is 5.40. The van der Waals surface area contributed by atoms with Crippen molar-refractivity contribution in [3.8, 4) is 5.75 Å². The first-order valence-corrected chi connectivity index (χ1v) is 10.0. The van der Waals surface area contributed by atoms with Crippen molar-refractivity contribution in [2.75, 3.05) is 43.6 Å². The number of fused-ring (bicyclic) bond motifs is 1. The minimum absolute atomic E-state index is 0.183. The van der Waals surface area contributed by atoms with Crippen LogP contribution in [0.15, 0.2) is 53.2 Å². The lowest BCUT2D eigenvalue weighted by atomic mass is 10.0. The molecule has 1 amide bonds. The van der Waals surface area contributed by atoms with Crippen LogP contribution in [0.25, 0.3) is 16.5 Å². The molecule has 1 saturated heterocycles. The Kier molecular flexibility index (Phi) is 5.77. The van der Waals surface area contributed by atoms with Gasteiger partial charge in [-0.2, -0.15) is 0 Å². The van der Waals surface area contributed by atoms with Crippen molar-refractivity contribution >= 4 is 33.8 Å². The van der Waals surface area contributed by atoms with Crippen LogP contribution in [-0.2, 0) is 9.53 Å². The van der Waals surface area contributed by atoms with Crippen LogP contribution in [0.5, 0.6) is 5.75 Å². The predicted molar refractivity (Wildman–Crippen MR) is 119 cm³/mol. The van der Waals surface area contributed by atoms with E-state index in [2.05, 4.69) is 10.2 Å². The number of methoxy groups -OCH3 is 1. The lowest BCUT2D eigenvalue weighted by Crippen LogP contribution is -2.36. The van der Waals surface area contributed by atoms with Crippen LogP contribution in [0.2, 0.25) is 0 Å². The van der Waals surface area contributed by atoms with E-state index in [0.29, 0.717) is 5.75 Å². The van der Waals surface area contributed by atoms with Crippen LogP contribution in [-0.4, -0.2) is 39.3 Å². The number of hydrogen-bond acceptors (Lipinski definition) is 5. The number of rotatable bonds is 5. The predicted octanol–water partition coefficient (Wildman–Crippen LogP) is 4.63. The van der Waals surface area contributed by atoms with Gasteiger partial charge in [-0.15, -0.1) is 0 Å². The van der Waals surface area contributed by atoms with Crippen molar-refractivity contribution in [3.63, 3.8) is 0 Å². The van der Waals surface area contributed by atoms with Gasteiger partial charge in [0.25, 0.3) is 0 Å². The number of ether oxygens (including phenoxy) is 2. The number of amides is 1. The van der Waals surface area contributed by atoms with Crippen LogP contribution in [0.3, 0.4) is 0 Å². The summed E-state index contributed by atoms with van der Waals surface area (Å²) >= 11 is 0. The normalized spacial score (nSPS) is 14.8. The molecule has 6 heteroatoms. The molecule has 0 atom stereocenters. The van der Waals surface area contributed by atoms with Crippen LogP contribution >= 0.6 is 0 Å². The van der Waals surface area contributed by atoms with Crippen LogP contribution in [0.1, 0.15) is 18.1 Å². The smallest absolute Gasteiger partial charge is 0.248 e. The molecule has 3 aromatic rings. The molecule has 0 bridgehead atoms. The highest BCUT2D eigenvalue weighted by molar-refractivity contribution is 6.04. The molecule has 156 valence electrons. The molecule has 4 rings (SSSR count). The van der Waals surface area contributed by atoms with Crippen molar-refractivity contribution < 1.29 is 18.7 Å². The number of carbonyl (C=O) groups excluding carboxylic acids is 1. The molecule has 30 heavy (non-hydrogen) atoms. The third-order valence-corrected chi connectivity index (χ3v) is 5.37. The molecule has 0 spiro atoms. The molecule has 1 aromatic heterocycles. The Labute approximate surface area is 176 Å². The van der Waals surface area contributed by atoms with E-state index < -0.39 is 0 Å². The first kappa shape index (κ1) is 20.0. The maximum absolute atomic E-state index is 12.6. The zero-order chi connectivity index (χ0) is 21.1. The molecule has 2 aromatic carbocycles. The number of hydrogen-bond donors (Lipinski definition) is 1. The topological polar surface area (TPSA) is 63.9 Å². The maximum Gasteiger partial charge on any atom is 0.248 e. The van der Waals surface area contributed by atoms with Crippen molar-refractivity contribution in [2.24, 2.45) is 0 Å². The maximum atomic E-state index is 12.6. The standard InChI is InChI=1S/C24H26N2O4/c1-16(20-13-21-17(2)15-30-23(21)14-22(20)28-3)12-24(27)25-18-4-6-19(7-5-18)26-8-10-29-11-9-26/h4-7,12-15H,8-11H2,1-3H3,(H,25,27)/b16-12+. The summed E-state index contributed by atoms with van der Waals surface area (Å²) in [6.07, 6.45) is 3.31. The van der Waals surface area contributed by atoms with Gasteiger partial charge in [0.1, 0.15) is 11.3 Å². The zero-order valence-electron chi connectivity index (χ0n) is 17.5. The average Bonchev–Trinajstić information content (AvgIpc) is 3.13. The highest BCUT2D eigenvalue weighted by atomic mass is 16.5. The number of benzene rings is 2. The number of aryl methyl sites for hydroxylation is 1. The Bertz CT molecular complexity index is 1080. The van der Waals surface area contributed by atoms with E-state index in [4.69, 9.17) is 13.9 Å². The fourth-order valence-electron chi connectivity index (χ4n) is 3.69. The number of nitrogens with one attached hydrogen (secondary N) is 1. The van der Waals surface area contributed by atoms with Crippen molar-refractivity contribution in [1.82, 2.24) is 0 Å². The number of allylic oxidation sites excluding steroid dienone is 1. The molecule has 0 unspecified atom stereocenters. The molecule has 0 aliphatic carbocycles. The van der Waals surface area contributed by atoms with Crippen molar-refractivity contribution in [3.05, 3.63) is 59.9 Å². The molecule has 1 aliphatic rings. The molecule has 1 fully saturated rings. The molecule has 0 radical (unpaired) electrons. The minimum Gasteiger partial charge on any atom is -0.496 e. The van der Waals surface area contributed by atoms with E-state index in [-0.39, 0.29) is 5.91 Å². The average molecular weight is 406 g/mol. The largest absolute Gasteiger partial charge is 0.496 e. The molecule has 0 saturated carbocycles. The second-order valence-electron chi connectivity index (χ2n) is 7.43.